The minimum absolute atomic E-state index is 0.238. The van der Waals surface area contributed by atoms with Crippen LogP contribution in [-0.4, -0.2) is 28.7 Å². The van der Waals surface area contributed by atoms with Gasteiger partial charge in [0, 0.05) is 37.8 Å². The molecule has 0 spiro atoms. The lowest BCUT2D eigenvalue weighted by Gasteiger charge is -2.21. The summed E-state index contributed by atoms with van der Waals surface area (Å²) in [6.07, 6.45) is 5.42. The van der Waals surface area contributed by atoms with Crippen molar-refractivity contribution in [3.8, 4) is 0 Å². The van der Waals surface area contributed by atoms with E-state index in [2.05, 4.69) is 10.4 Å². The van der Waals surface area contributed by atoms with Gasteiger partial charge in [0.15, 0.2) is 0 Å². The van der Waals surface area contributed by atoms with Crippen LogP contribution >= 0.6 is 0 Å². The fourth-order valence-corrected chi connectivity index (χ4v) is 2.23. The van der Waals surface area contributed by atoms with Crippen LogP contribution in [0.2, 0.25) is 0 Å². The van der Waals surface area contributed by atoms with Gasteiger partial charge in [-0.15, -0.1) is 0 Å². The molecule has 1 aliphatic rings. The Balaban J connectivity index is 1.81. The fourth-order valence-electron chi connectivity index (χ4n) is 2.23. The van der Waals surface area contributed by atoms with E-state index in [1.54, 1.807) is 6.20 Å². The smallest absolute Gasteiger partial charge is 0.137 e. The summed E-state index contributed by atoms with van der Waals surface area (Å²) < 4.78 is 1.84. The molecule has 1 atom stereocenters. The lowest BCUT2D eigenvalue weighted by Crippen LogP contribution is -2.34. The van der Waals surface area contributed by atoms with Gasteiger partial charge in [0.05, 0.1) is 0 Å². The van der Waals surface area contributed by atoms with Crippen LogP contribution in [0.5, 0.6) is 0 Å². The zero-order chi connectivity index (χ0) is 11.4. The van der Waals surface area contributed by atoms with Crippen LogP contribution in [0.1, 0.15) is 25.0 Å². The van der Waals surface area contributed by atoms with Crippen LogP contribution in [0.25, 0.3) is 0 Å². The number of nitrogens with zero attached hydrogens (tertiary/aromatic N) is 2. The molecule has 0 aromatic carbocycles. The average Bonchev–Trinajstić information content (AvgIpc) is 2.73. The Morgan fingerprint density at radius 1 is 1.69 bits per heavy atom. The van der Waals surface area contributed by atoms with Crippen LogP contribution < -0.4 is 5.32 Å². The maximum absolute atomic E-state index is 11.9. The third kappa shape index (κ3) is 2.70. The first-order chi connectivity index (χ1) is 7.77. The summed E-state index contributed by atoms with van der Waals surface area (Å²) in [5.74, 6) is 0.635. The summed E-state index contributed by atoms with van der Waals surface area (Å²) in [5.41, 5.74) is 1.14. The first-order valence-electron chi connectivity index (χ1n) is 5.97. The van der Waals surface area contributed by atoms with Gasteiger partial charge in [-0.25, -0.2) is 0 Å². The number of aromatic nitrogens is 2. The van der Waals surface area contributed by atoms with Gasteiger partial charge in [-0.3, -0.25) is 9.48 Å². The van der Waals surface area contributed by atoms with E-state index in [1.165, 1.54) is 0 Å². The van der Waals surface area contributed by atoms with Crippen molar-refractivity contribution in [1.29, 1.82) is 0 Å². The third-order valence-corrected chi connectivity index (χ3v) is 3.30. The summed E-state index contributed by atoms with van der Waals surface area (Å²) in [4.78, 5) is 11.9. The van der Waals surface area contributed by atoms with Crippen molar-refractivity contribution in [2.75, 3.05) is 13.1 Å². The highest BCUT2D eigenvalue weighted by molar-refractivity contribution is 5.81. The van der Waals surface area contributed by atoms with Crippen LogP contribution in [-0.2, 0) is 18.3 Å². The van der Waals surface area contributed by atoms with Crippen molar-refractivity contribution in [3.05, 3.63) is 18.0 Å². The maximum atomic E-state index is 11.9. The molecule has 4 nitrogen and oxygen atoms in total. The Kier molecular flexibility index (Phi) is 3.72. The molecule has 0 radical (unpaired) electrons. The van der Waals surface area contributed by atoms with Crippen LogP contribution in [0.4, 0.5) is 0 Å². The molecule has 1 unspecified atom stereocenters. The van der Waals surface area contributed by atoms with E-state index in [0.717, 1.165) is 38.0 Å². The SMILES string of the molecule is Cn1nccc1CCC(=O)C1CCCNC1. The third-order valence-electron chi connectivity index (χ3n) is 3.30. The van der Waals surface area contributed by atoms with Gasteiger partial charge in [0.1, 0.15) is 5.78 Å². The quantitative estimate of drug-likeness (QED) is 0.822. The molecule has 2 heterocycles. The number of rotatable bonds is 4. The van der Waals surface area contributed by atoms with Crippen molar-refractivity contribution < 1.29 is 4.79 Å². The van der Waals surface area contributed by atoms with Gasteiger partial charge in [-0.1, -0.05) is 0 Å². The first kappa shape index (κ1) is 11.3. The molecule has 0 aliphatic carbocycles. The molecule has 1 aliphatic heterocycles. The average molecular weight is 221 g/mol. The molecule has 1 saturated heterocycles. The van der Waals surface area contributed by atoms with Gasteiger partial charge in [-0.05, 0) is 31.9 Å². The number of aryl methyl sites for hydroxylation is 2. The second-order valence-corrected chi connectivity index (χ2v) is 4.46. The zero-order valence-electron chi connectivity index (χ0n) is 9.78. The standard InChI is InChI=1S/C12H19N3O/c1-15-11(6-8-14-15)4-5-12(16)10-3-2-7-13-9-10/h6,8,10,13H,2-5,7,9H2,1H3. The Hall–Kier alpha value is -1.16. The summed E-state index contributed by atoms with van der Waals surface area (Å²) >= 11 is 0. The normalized spacial score (nSPS) is 20.9. The highest BCUT2D eigenvalue weighted by Gasteiger charge is 2.20. The van der Waals surface area contributed by atoms with E-state index < -0.39 is 0 Å². The van der Waals surface area contributed by atoms with Crippen molar-refractivity contribution in [2.24, 2.45) is 13.0 Å². The van der Waals surface area contributed by atoms with Crippen LogP contribution in [0.3, 0.4) is 0 Å². The van der Waals surface area contributed by atoms with Gasteiger partial charge >= 0.3 is 0 Å². The van der Waals surface area contributed by atoms with E-state index in [0.29, 0.717) is 12.2 Å². The Morgan fingerprint density at radius 2 is 2.56 bits per heavy atom. The number of carbonyl (C=O) groups excluding carboxylic acids is 1. The predicted octanol–water partition coefficient (Wildman–Crippen LogP) is 0.921. The monoisotopic (exact) mass is 221 g/mol. The fraction of sp³-hybridized carbons (Fsp3) is 0.667. The van der Waals surface area contributed by atoms with Gasteiger partial charge in [0.2, 0.25) is 0 Å². The number of hydrogen-bond acceptors (Lipinski definition) is 3. The molecular formula is C12H19N3O. The number of Topliss-reactive ketones (excluding diaryl/α,β-unsaturated/α-hetero) is 1. The molecule has 0 bridgehead atoms. The zero-order valence-corrected chi connectivity index (χ0v) is 9.78. The highest BCUT2D eigenvalue weighted by Crippen LogP contribution is 2.14. The Bertz CT molecular complexity index is 353. The maximum Gasteiger partial charge on any atom is 0.137 e. The Labute approximate surface area is 96.0 Å². The van der Waals surface area contributed by atoms with Gasteiger partial charge in [0.25, 0.3) is 0 Å². The Morgan fingerprint density at radius 3 is 3.19 bits per heavy atom. The van der Waals surface area contributed by atoms with Crippen molar-refractivity contribution >= 4 is 5.78 Å². The molecule has 1 aromatic rings. The summed E-state index contributed by atoms with van der Waals surface area (Å²) in [5, 5.41) is 7.38. The first-order valence-corrected chi connectivity index (χ1v) is 5.97. The number of ketones is 1. The molecule has 88 valence electrons. The lowest BCUT2D eigenvalue weighted by molar-refractivity contribution is -0.123. The molecule has 1 fully saturated rings. The molecular weight excluding hydrogens is 202 g/mol. The topological polar surface area (TPSA) is 46.9 Å². The molecule has 0 amide bonds. The summed E-state index contributed by atoms with van der Waals surface area (Å²) in [6, 6.07) is 1.98. The minimum atomic E-state index is 0.238. The van der Waals surface area contributed by atoms with E-state index in [4.69, 9.17) is 0 Å². The molecule has 1 N–H and O–H groups in total. The molecule has 4 heteroatoms. The lowest BCUT2D eigenvalue weighted by atomic mass is 9.92. The summed E-state index contributed by atoms with van der Waals surface area (Å²) in [6.45, 7) is 1.93. The van der Waals surface area contributed by atoms with E-state index in [1.807, 2.05) is 17.8 Å². The predicted molar refractivity (Wildman–Crippen MR) is 62.1 cm³/mol. The van der Waals surface area contributed by atoms with Crippen molar-refractivity contribution in [3.63, 3.8) is 0 Å². The summed E-state index contributed by atoms with van der Waals surface area (Å²) in [7, 11) is 1.92. The second kappa shape index (κ2) is 5.25. The van der Waals surface area contributed by atoms with Crippen molar-refractivity contribution in [1.82, 2.24) is 15.1 Å². The van der Waals surface area contributed by atoms with Crippen LogP contribution in [0.15, 0.2) is 12.3 Å². The van der Waals surface area contributed by atoms with E-state index >= 15 is 0 Å². The molecule has 16 heavy (non-hydrogen) atoms. The van der Waals surface area contributed by atoms with E-state index in [-0.39, 0.29) is 5.92 Å². The second-order valence-electron chi connectivity index (χ2n) is 4.46. The van der Waals surface area contributed by atoms with Gasteiger partial charge < -0.3 is 5.32 Å². The molecule has 2 rings (SSSR count). The minimum Gasteiger partial charge on any atom is -0.316 e. The van der Waals surface area contributed by atoms with E-state index in [9.17, 15) is 4.79 Å². The highest BCUT2D eigenvalue weighted by atomic mass is 16.1. The molecule has 1 aromatic heterocycles. The van der Waals surface area contributed by atoms with Crippen molar-refractivity contribution in [2.45, 2.75) is 25.7 Å². The van der Waals surface area contributed by atoms with Gasteiger partial charge in [-0.2, -0.15) is 5.10 Å². The number of nitrogens with one attached hydrogen (secondary N) is 1. The largest absolute Gasteiger partial charge is 0.316 e. The van der Waals surface area contributed by atoms with Crippen LogP contribution in [0, 0.1) is 5.92 Å². The molecule has 0 saturated carbocycles. The number of carbonyl (C=O) groups is 1. The number of hydrogen-bond donors (Lipinski definition) is 1. The number of piperidine rings is 1.